The van der Waals surface area contributed by atoms with Crippen LogP contribution >= 0.6 is 11.3 Å². The fraction of sp³-hybridized carbons (Fsp3) is 0.364. The third-order valence-electron chi connectivity index (χ3n) is 5.51. The maximum Gasteiger partial charge on any atom is 0.407 e. The molecule has 1 saturated carbocycles. The van der Waals surface area contributed by atoms with Crippen LogP contribution in [0.1, 0.15) is 30.3 Å². The molecule has 37 heavy (non-hydrogen) atoms. The number of nitrogens with zero attached hydrogens (tertiary/aromatic N) is 3. The molecule has 1 aliphatic rings. The Morgan fingerprint density at radius 2 is 1.95 bits per heavy atom. The zero-order chi connectivity index (χ0) is 26.8. The minimum atomic E-state index is -4.96. The standard InChI is InChI=1S/C22H19F4N5O4S2/c23-14-5-3-13(4-6-14)18(22(24,25)26)28-15(19(32)30-21(12-27)7-8-21)10-37(33,34)11-17-29-20(35-31-17)16-2-1-9-36-16/h1-6,9,15,18,28H,7-8,10-11H2,(H,30,32)/t15?,18-/m1/s1. The Balaban J connectivity index is 1.58. The van der Waals surface area contributed by atoms with E-state index in [1.807, 2.05) is 6.07 Å². The third-order valence-corrected chi connectivity index (χ3v) is 7.91. The predicted molar refractivity (Wildman–Crippen MR) is 123 cm³/mol. The molecule has 196 valence electrons. The molecule has 3 aromatic rings. The Kier molecular flexibility index (Phi) is 7.36. The van der Waals surface area contributed by atoms with Crippen LogP contribution < -0.4 is 10.6 Å². The van der Waals surface area contributed by atoms with E-state index in [2.05, 4.69) is 20.8 Å². The summed E-state index contributed by atoms with van der Waals surface area (Å²) in [5.41, 5.74) is -1.68. The zero-order valence-corrected chi connectivity index (χ0v) is 20.5. The van der Waals surface area contributed by atoms with Gasteiger partial charge in [0.2, 0.25) is 5.91 Å². The van der Waals surface area contributed by atoms with E-state index >= 15 is 0 Å². The van der Waals surface area contributed by atoms with Crippen molar-refractivity contribution in [3.05, 3.63) is 59.0 Å². The Morgan fingerprint density at radius 1 is 1.24 bits per heavy atom. The molecule has 0 bridgehead atoms. The van der Waals surface area contributed by atoms with Gasteiger partial charge >= 0.3 is 6.18 Å². The quantitative estimate of drug-likeness (QED) is 0.362. The number of hydrogen-bond donors (Lipinski definition) is 2. The average Bonchev–Trinajstić information content (AvgIpc) is 3.19. The number of benzene rings is 1. The molecule has 1 aliphatic carbocycles. The van der Waals surface area contributed by atoms with E-state index in [0.717, 1.165) is 24.3 Å². The molecular weight excluding hydrogens is 538 g/mol. The van der Waals surface area contributed by atoms with Gasteiger partial charge in [0.1, 0.15) is 29.2 Å². The highest BCUT2D eigenvalue weighted by Gasteiger charge is 2.48. The Morgan fingerprint density at radius 3 is 2.51 bits per heavy atom. The highest BCUT2D eigenvalue weighted by molar-refractivity contribution is 7.90. The van der Waals surface area contributed by atoms with Gasteiger partial charge in [0.25, 0.3) is 5.89 Å². The van der Waals surface area contributed by atoms with Crippen LogP contribution in [0.2, 0.25) is 0 Å². The lowest BCUT2D eigenvalue weighted by Crippen LogP contribution is -2.54. The summed E-state index contributed by atoms with van der Waals surface area (Å²) in [5.74, 6) is -3.88. The van der Waals surface area contributed by atoms with Crippen LogP contribution in [0, 0.1) is 17.1 Å². The number of carbonyl (C=O) groups excluding carboxylic acids is 1. The largest absolute Gasteiger partial charge is 0.407 e. The molecule has 1 unspecified atom stereocenters. The normalized spacial score (nSPS) is 16.5. The molecule has 2 atom stereocenters. The van der Waals surface area contributed by atoms with Gasteiger partial charge in [-0.3, -0.25) is 10.1 Å². The summed E-state index contributed by atoms with van der Waals surface area (Å²) < 4.78 is 86.0. The number of nitrogens with one attached hydrogen (secondary N) is 2. The molecule has 0 aliphatic heterocycles. The van der Waals surface area contributed by atoms with E-state index in [0.29, 0.717) is 4.88 Å². The maximum atomic E-state index is 13.9. The summed E-state index contributed by atoms with van der Waals surface area (Å²) in [6, 6.07) is 4.27. The van der Waals surface area contributed by atoms with Crippen molar-refractivity contribution in [2.24, 2.45) is 0 Å². The first kappa shape index (κ1) is 26.7. The molecule has 1 fully saturated rings. The number of carbonyl (C=O) groups is 1. The second-order valence-electron chi connectivity index (χ2n) is 8.48. The van der Waals surface area contributed by atoms with E-state index in [-0.39, 0.29) is 24.6 Å². The smallest absolute Gasteiger partial charge is 0.336 e. The number of sulfone groups is 1. The molecule has 2 aromatic heterocycles. The Bertz CT molecular complexity index is 1400. The lowest BCUT2D eigenvalue weighted by atomic mass is 10.0. The summed E-state index contributed by atoms with van der Waals surface area (Å²) in [6.07, 6.45) is -4.40. The summed E-state index contributed by atoms with van der Waals surface area (Å²) in [6.45, 7) is 0. The fourth-order valence-corrected chi connectivity index (χ4v) is 5.50. The van der Waals surface area contributed by atoms with Crippen molar-refractivity contribution in [1.82, 2.24) is 20.8 Å². The highest BCUT2D eigenvalue weighted by atomic mass is 32.2. The van der Waals surface area contributed by atoms with Gasteiger partial charge in [-0.25, -0.2) is 12.8 Å². The number of hydrogen-bond acceptors (Lipinski definition) is 9. The van der Waals surface area contributed by atoms with Gasteiger partial charge in [-0.1, -0.05) is 23.4 Å². The van der Waals surface area contributed by atoms with Gasteiger partial charge in [0.15, 0.2) is 15.7 Å². The van der Waals surface area contributed by atoms with Crippen molar-refractivity contribution < 1.29 is 35.3 Å². The second kappa shape index (κ2) is 10.2. The number of amides is 1. The Hall–Kier alpha value is -3.35. The van der Waals surface area contributed by atoms with E-state index in [9.17, 15) is 36.0 Å². The van der Waals surface area contributed by atoms with Crippen LogP contribution in [0.5, 0.6) is 0 Å². The SMILES string of the molecule is N#CC1(NC(=O)C(CS(=O)(=O)Cc2noc(-c3cccs3)n2)N[C@H](c2ccc(F)cc2)C(F)(F)F)CC1. The van der Waals surface area contributed by atoms with Crippen molar-refractivity contribution in [2.45, 2.75) is 42.4 Å². The van der Waals surface area contributed by atoms with Gasteiger partial charge in [-0.2, -0.15) is 23.4 Å². The molecule has 1 amide bonds. The minimum absolute atomic E-state index is 0.0748. The Labute approximate surface area is 212 Å². The van der Waals surface area contributed by atoms with Crippen LogP contribution in [0.15, 0.2) is 46.3 Å². The van der Waals surface area contributed by atoms with Gasteiger partial charge in [-0.15, -0.1) is 11.3 Å². The fourth-order valence-electron chi connectivity index (χ4n) is 3.47. The van der Waals surface area contributed by atoms with Crippen LogP contribution in [-0.4, -0.2) is 48.0 Å². The molecule has 4 rings (SSSR count). The van der Waals surface area contributed by atoms with E-state index in [1.54, 1.807) is 17.5 Å². The molecule has 15 heteroatoms. The van der Waals surface area contributed by atoms with Crippen molar-refractivity contribution in [2.75, 3.05) is 5.75 Å². The first-order valence-electron chi connectivity index (χ1n) is 10.8. The monoisotopic (exact) mass is 557 g/mol. The van der Waals surface area contributed by atoms with Crippen LogP contribution in [0.4, 0.5) is 17.6 Å². The first-order chi connectivity index (χ1) is 17.4. The summed E-state index contributed by atoms with van der Waals surface area (Å²) >= 11 is 1.28. The highest BCUT2D eigenvalue weighted by Crippen LogP contribution is 2.36. The van der Waals surface area contributed by atoms with E-state index in [4.69, 9.17) is 4.52 Å². The number of nitriles is 1. The summed E-state index contributed by atoms with van der Waals surface area (Å²) in [4.78, 5) is 17.5. The van der Waals surface area contributed by atoms with Crippen molar-refractivity contribution in [1.29, 1.82) is 5.26 Å². The minimum Gasteiger partial charge on any atom is -0.336 e. The number of thiophene rings is 1. The van der Waals surface area contributed by atoms with E-state index in [1.165, 1.54) is 11.3 Å². The maximum absolute atomic E-state index is 13.9. The lowest BCUT2D eigenvalue weighted by molar-refractivity contribution is -0.160. The number of halogens is 4. The molecule has 0 saturated heterocycles. The number of rotatable bonds is 10. The number of alkyl halides is 3. The van der Waals surface area contributed by atoms with Gasteiger partial charge in [-0.05, 0) is 42.0 Å². The average molecular weight is 558 g/mol. The lowest BCUT2D eigenvalue weighted by Gasteiger charge is -2.28. The zero-order valence-electron chi connectivity index (χ0n) is 18.8. The predicted octanol–water partition coefficient (Wildman–Crippen LogP) is 3.29. The summed E-state index contributed by atoms with van der Waals surface area (Å²) in [7, 11) is -4.27. The molecule has 1 aromatic carbocycles. The molecular formula is C22H19F4N5O4S2. The molecule has 0 radical (unpaired) electrons. The second-order valence-corrected chi connectivity index (χ2v) is 11.5. The van der Waals surface area contributed by atoms with Crippen LogP contribution in [-0.2, 0) is 20.4 Å². The topological polar surface area (TPSA) is 138 Å². The molecule has 2 N–H and O–H groups in total. The first-order valence-corrected chi connectivity index (χ1v) is 13.5. The molecule has 9 nitrogen and oxygen atoms in total. The van der Waals surface area contributed by atoms with E-state index < -0.39 is 62.4 Å². The van der Waals surface area contributed by atoms with Crippen LogP contribution in [0.25, 0.3) is 10.8 Å². The molecule has 2 heterocycles. The van der Waals surface area contributed by atoms with Crippen LogP contribution in [0.3, 0.4) is 0 Å². The van der Waals surface area contributed by atoms with Crippen molar-refractivity contribution in [3.63, 3.8) is 0 Å². The summed E-state index contributed by atoms with van der Waals surface area (Å²) in [5, 5.41) is 19.0. The molecule has 0 spiro atoms. The van der Waals surface area contributed by atoms with Crippen molar-refractivity contribution in [3.8, 4) is 16.8 Å². The van der Waals surface area contributed by atoms with Gasteiger partial charge < -0.3 is 9.84 Å². The third kappa shape index (κ3) is 6.70. The van der Waals surface area contributed by atoms with Gasteiger partial charge in [0, 0.05) is 0 Å². The van der Waals surface area contributed by atoms with Gasteiger partial charge in [0.05, 0.1) is 16.7 Å². The number of aromatic nitrogens is 2. The van der Waals surface area contributed by atoms with Crippen molar-refractivity contribution >= 4 is 27.1 Å².